The van der Waals surface area contributed by atoms with Crippen molar-refractivity contribution in [3.05, 3.63) is 125 Å². The van der Waals surface area contributed by atoms with Gasteiger partial charge < -0.3 is 14.8 Å². The highest BCUT2D eigenvalue weighted by Gasteiger charge is 2.24. The van der Waals surface area contributed by atoms with Crippen molar-refractivity contribution >= 4 is 11.8 Å². The van der Waals surface area contributed by atoms with Crippen LogP contribution in [0.5, 0.6) is 5.75 Å². The van der Waals surface area contributed by atoms with Crippen LogP contribution in [-0.2, 0) is 12.8 Å². The first-order valence-electron chi connectivity index (χ1n) is 12.3. The van der Waals surface area contributed by atoms with Crippen LogP contribution in [0.15, 0.2) is 77.7 Å². The topological polar surface area (TPSA) is 45.4 Å². The Balaban J connectivity index is 0.000000163. The number of rotatable bonds is 6. The second-order valence-electron chi connectivity index (χ2n) is 8.99. The van der Waals surface area contributed by atoms with E-state index in [1.165, 1.54) is 43.4 Å². The maximum Gasteiger partial charge on any atom is 0.149 e. The number of phenolic OH excluding ortho intramolecular Hbond substituents is 1. The summed E-state index contributed by atoms with van der Waals surface area (Å²) in [6.07, 6.45) is 5.17. The smallest absolute Gasteiger partial charge is 0.149 e. The maximum atomic E-state index is 13.0. The van der Waals surface area contributed by atoms with E-state index in [9.17, 15) is 22.7 Å². The summed E-state index contributed by atoms with van der Waals surface area (Å²) < 4.78 is 56.6. The molecule has 38 heavy (non-hydrogen) atoms. The Morgan fingerprint density at radius 2 is 1.53 bits per heavy atom. The van der Waals surface area contributed by atoms with Crippen molar-refractivity contribution in [3.63, 3.8) is 0 Å². The zero-order valence-corrected chi connectivity index (χ0v) is 21.4. The summed E-state index contributed by atoms with van der Waals surface area (Å²) in [7, 11) is 1.47. The molecule has 0 saturated heterocycles. The molecule has 3 aromatic carbocycles. The van der Waals surface area contributed by atoms with Crippen molar-refractivity contribution in [3.8, 4) is 5.75 Å². The predicted molar refractivity (Wildman–Crippen MR) is 143 cm³/mol. The van der Waals surface area contributed by atoms with E-state index in [0.29, 0.717) is 18.8 Å². The van der Waals surface area contributed by atoms with E-state index in [1.54, 1.807) is 18.2 Å². The third-order valence-electron chi connectivity index (χ3n) is 6.05. The average Bonchev–Trinajstić information content (AvgIpc) is 3.60. The summed E-state index contributed by atoms with van der Waals surface area (Å²) in [5, 5.41) is 11.8. The molecule has 0 amide bonds. The number of halogens is 4. The van der Waals surface area contributed by atoms with Gasteiger partial charge in [-0.2, -0.15) is 0 Å². The molecule has 4 aromatic rings. The summed E-state index contributed by atoms with van der Waals surface area (Å²) in [4.78, 5) is 0. The molecule has 1 heterocycles. The fourth-order valence-electron chi connectivity index (χ4n) is 3.71. The van der Waals surface area contributed by atoms with E-state index in [4.69, 9.17) is 4.42 Å². The summed E-state index contributed by atoms with van der Waals surface area (Å²) in [5.41, 5.74) is 2.40. The summed E-state index contributed by atoms with van der Waals surface area (Å²) in [6, 6.07) is 17.0. The van der Waals surface area contributed by atoms with Crippen LogP contribution >= 0.6 is 0 Å². The van der Waals surface area contributed by atoms with Crippen molar-refractivity contribution in [2.75, 3.05) is 12.4 Å². The highest BCUT2D eigenvalue weighted by molar-refractivity contribution is 5.45. The number of anilines is 1. The molecule has 1 aliphatic carbocycles. The van der Waals surface area contributed by atoms with Gasteiger partial charge in [-0.05, 0) is 97.8 Å². The number of aryl methyl sites for hydroxylation is 1. The van der Waals surface area contributed by atoms with E-state index in [2.05, 4.69) is 11.9 Å². The molecule has 1 saturated carbocycles. The highest BCUT2D eigenvalue weighted by atomic mass is 19.1. The minimum absolute atomic E-state index is 0.0810. The molecule has 0 unspecified atom stereocenters. The molecule has 200 valence electrons. The Labute approximate surface area is 220 Å². The number of hydrogen-bond acceptors (Lipinski definition) is 3. The minimum atomic E-state index is -0.567. The molecule has 0 bridgehead atoms. The van der Waals surface area contributed by atoms with Gasteiger partial charge in [0.15, 0.2) is 0 Å². The van der Waals surface area contributed by atoms with Gasteiger partial charge in [-0.3, -0.25) is 0 Å². The van der Waals surface area contributed by atoms with Crippen LogP contribution in [0.3, 0.4) is 0 Å². The quantitative estimate of drug-likeness (QED) is 0.248. The fraction of sp³-hybridized carbons (Fsp3) is 0.226. The molecule has 5 rings (SSSR count). The lowest BCUT2D eigenvalue weighted by Gasteiger charge is -2.04. The van der Waals surface area contributed by atoms with Crippen LogP contribution in [0, 0.1) is 36.1 Å². The predicted octanol–water partition coefficient (Wildman–Crippen LogP) is 8.45. The van der Waals surface area contributed by atoms with Crippen LogP contribution in [0.4, 0.5) is 23.2 Å². The van der Waals surface area contributed by atoms with Gasteiger partial charge in [0, 0.05) is 19.0 Å². The molecule has 1 aromatic heterocycles. The Kier molecular flexibility index (Phi) is 10.2. The molecule has 0 spiro atoms. The number of nitrogens with one attached hydrogen (secondary N) is 1. The molecule has 3 nitrogen and oxygen atoms in total. The molecule has 0 atom stereocenters. The van der Waals surface area contributed by atoms with Crippen LogP contribution < -0.4 is 5.32 Å². The number of hydrogen-bond donors (Lipinski definition) is 2. The van der Waals surface area contributed by atoms with Gasteiger partial charge in [-0.25, -0.2) is 17.6 Å². The standard InChI is InChI=1S/C14H14O2.C10H10F2.C7H7F2N/c1-3-13-6-7-14(16-13)9-11-8-12(15)5-4-10(11)2;11-9-2-1-3-10(12)8(9)6-7-4-5-7;1-10-7-5(8)3-2-4-6(7)9/h3-8,15H,1,9H2,2H3;1-3,7H,4-6H2;2-4,10H,1H3. The Hall–Kier alpha value is -4.00. The van der Waals surface area contributed by atoms with Gasteiger partial charge in [-0.15, -0.1) is 0 Å². The second kappa shape index (κ2) is 13.5. The zero-order valence-electron chi connectivity index (χ0n) is 21.4. The molecule has 0 aliphatic heterocycles. The van der Waals surface area contributed by atoms with Crippen molar-refractivity contribution in [1.29, 1.82) is 0 Å². The van der Waals surface area contributed by atoms with E-state index >= 15 is 0 Å². The van der Waals surface area contributed by atoms with Gasteiger partial charge >= 0.3 is 0 Å². The third-order valence-corrected chi connectivity index (χ3v) is 6.05. The van der Waals surface area contributed by atoms with Crippen molar-refractivity contribution in [2.45, 2.75) is 32.6 Å². The Bertz CT molecular complexity index is 1320. The Morgan fingerprint density at radius 3 is 2.03 bits per heavy atom. The normalized spacial score (nSPS) is 12.1. The van der Waals surface area contributed by atoms with Crippen LogP contribution in [0.25, 0.3) is 6.08 Å². The Morgan fingerprint density at radius 1 is 0.921 bits per heavy atom. The lowest BCUT2D eigenvalue weighted by Crippen LogP contribution is -1.96. The molecule has 1 aliphatic rings. The fourth-order valence-corrected chi connectivity index (χ4v) is 3.71. The average molecular weight is 526 g/mol. The summed E-state index contributed by atoms with van der Waals surface area (Å²) in [5.74, 6) is 0.526. The zero-order chi connectivity index (χ0) is 27.7. The van der Waals surface area contributed by atoms with Gasteiger partial charge in [-0.1, -0.05) is 24.8 Å². The van der Waals surface area contributed by atoms with Crippen molar-refractivity contribution < 1.29 is 27.1 Å². The van der Waals surface area contributed by atoms with Crippen LogP contribution in [0.1, 0.15) is 41.1 Å². The number of aromatic hydroxyl groups is 1. The molecule has 7 heteroatoms. The van der Waals surface area contributed by atoms with Crippen LogP contribution in [0.2, 0.25) is 0 Å². The van der Waals surface area contributed by atoms with Gasteiger partial charge in [0.05, 0.1) is 0 Å². The third kappa shape index (κ3) is 8.26. The van der Waals surface area contributed by atoms with Gasteiger partial charge in [0.25, 0.3) is 0 Å². The van der Waals surface area contributed by atoms with Crippen LogP contribution in [-0.4, -0.2) is 12.2 Å². The summed E-state index contributed by atoms with van der Waals surface area (Å²) in [6.45, 7) is 5.67. The lowest BCUT2D eigenvalue weighted by atomic mass is 10.0. The molecule has 1 fully saturated rings. The first-order valence-corrected chi connectivity index (χ1v) is 12.3. The molecular formula is C31H31F4NO2. The van der Waals surface area contributed by atoms with E-state index in [-0.39, 0.29) is 17.0 Å². The van der Waals surface area contributed by atoms with Gasteiger partial charge in [0.1, 0.15) is 46.2 Å². The minimum Gasteiger partial charge on any atom is -0.508 e. The second-order valence-corrected chi connectivity index (χ2v) is 8.99. The van der Waals surface area contributed by atoms with E-state index in [1.807, 2.05) is 25.1 Å². The molecular weight excluding hydrogens is 494 g/mol. The number of benzene rings is 3. The lowest BCUT2D eigenvalue weighted by molar-refractivity contribution is 0.473. The maximum absolute atomic E-state index is 13.0. The number of furan rings is 1. The number of phenols is 1. The first kappa shape index (κ1) is 28.6. The monoisotopic (exact) mass is 525 g/mol. The molecule has 2 N–H and O–H groups in total. The highest BCUT2D eigenvalue weighted by Crippen LogP contribution is 2.33. The van der Waals surface area contributed by atoms with E-state index in [0.717, 1.165) is 35.5 Å². The SMILES string of the molecule is C=Cc1ccc(Cc2cc(O)ccc2C)o1.CNc1c(F)cccc1F.Fc1cccc(F)c1CC1CC1. The van der Waals surface area contributed by atoms with Crippen molar-refractivity contribution in [1.82, 2.24) is 0 Å². The summed E-state index contributed by atoms with van der Waals surface area (Å²) >= 11 is 0. The largest absolute Gasteiger partial charge is 0.508 e. The van der Waals surface area contributed by atoms with E-state index < -0.39 is 23.3 Å². The first-order chi connectivity index (χ1) is 18.2. The van der Waals surface area contributed by atoms with Crippen molar-refractivity contribution in [2.24, 2.45) is 5.92 Å². The molecule has 0 radical (unpaired) electrons. The van der Waals surface area contributed by atoms with Gasteiger partial charge in [0.2, 0.25) is 0 Å². The number of para-hydroxylation sites is 1.